The number of thioether (sulfide) groups is 1. The highest BCUT2D eigenvalue weighted by molar-refractivity contribution is 7.99. The molecular weight excluding hydrogens is 421 g/mol. The van der Waals surface area contributed by atoms with Crippen molar-refractivity contribution in [3.63, 3.8) is 0 Å². The summed E-state index contributed by atoms with van der Waals surface area (Å²) in [6, 6.07) is 5.72. The number of nitrogens with zero attached hydrogens (tertiary/aromatic N) is 4. The highest BCUT2D eigenvalue weighted by atomic mass is 32.2. The van der Waals surface area contributed by atoms with Gasteiger partial charge in [-0.3, -0.25) is 9.20 Å². The van der Waals surface area contributed by atoms with E-state index in [0.29, 0.717) is 10.8 Å². The zero-order chi connectivity index (χ0) is 20.7. The first-order valence-electron chi connectivity index (χ1n) is 10.0. The summed E-state index contributed by atoms with van der Waals surface area (Å²) in [5.41, 5.74) is 2.78. The van der Waals surface area contributed by atoms with Crippen LogP contribution in [0.3, 0.4) is 0 Å². The maximum Gasteiger partial charge on any atom is 0.234 e. The molecule has 0 unspecified atom stereocenters. The standard InChI is InChI=1S/C21H20FN5OS2/c1-2-16-24-20-18(14-5-3-4-6-15(14)30-20)19-25-26-21(27(16)19)29-11-17(28)23-13-9-7-12(22)8-10-13/h7-10H,2-6,11H2,1H3,(H,23,28). The normalized spacial score (nSPS) is 13.7. The van der Waals surface area contributed by atoms with Crippen LogP contribution in [0.2, 0.25) is 0 Å². The Kier molecular flexibility index (Phi) is 5.16. The predicted octanol–water partition coefficient (Wildman–Crippen LogP) is 4.65. The number of carbonyl (C=O) groups excluding carboxylic acids is 1. The van der Waals surface area contributed by atoms with Gasteiger partial charge in [0.1, 0.15) is 16.5 Å². The lowest BCUT2D eigenvalue weighted by Crippen LogP contribution is -2.14. The monoisotopic (exact) mass is 441 g/mol. The molecule has 0 radical (unpaired) electrons. The van der Waals surface area contributed by atoms with Crippen molar-refractivity contribution in [3.8, 4) is 0 Å². The largest absolute Gasteiger partial charge is 0.325 e. The van der Waals surface area contributed by atoms with Gasteiger partial charge >= 0.3 is 0 Å². The lowest BCUT2D eigenvalue weighted by Gasteiger charge is -2.11. The third-order valence-corrected chi connectivity index (χ3v) is 7.39. The van der Waals surface area contributed by atoms with E-state index in [4.69, 9.17) is 4.98 Å². The summed E-state index contributed by atoms with van der Waals surface area (Å²) in [5, 5.41) is 13.4. The molecule has 5 rings (SSSR count). The second-order valence-corrected chi connectivity index (χ2v) is 9.28. The first kappa shape index (κ1) is 19.4. The minimum Gasteiger partial charge on any atom is -0.325 e. The van der Waals surface area contributed by atoms with E-state index in [9.17, 15) is 9.18 Å². The van der Waals surface area contributed by atoms with E-state index in [1.54, 1.807) is 23.5 Å². The van der Waals surface area contributed by atoms with Crippen LogP contribution in [0.5, 0.6) is 0 Å². The highest BCUT2D eigenvalue weighted by Gasteiger charge is 2.23. The molecule has 1 N–H and O–H groups in total. The van der Waals surface area contributed by atoms with Crippen molar-refractivity contribution in [2.45, 2.75) is 44.2 Å². The zero-order valence-electron chi connectivity index (χ0n) is 16.4. The fourth-order valence-corrected chi connectivity index (χ4v) is 5.91. The first-order valence-corrected chi connectivity index (χ1v) is 11.8. The van der Waals surface area contributed by atoms with E-state index in [1.807, 2.05) is 4.40 Å². The molecule has 1 aliphatic carbocycles. The van der Waals surface area contributed by atoms with Crippen LogP contribution in [-0.4, -0.2) is 31.2 Å². The lowest BCUT2D eigenvalue weighted by molar-refractivity contribution is -0.113. The molecule has 0 fully saturated rings. The van der Waals surface area contributed by atoms with Crippen LogP contribution in [0.1, 0.15) is 36.0 Å². The number of halogens is 1. The minimum atomic E-state index is -0.334. The van der Waals surface area contributed by atoms with Gasteiger partial charge in [-0.25, -0.2) is 9.37 Å². The van der Waals surface area contributed by atoms with Gasteiger partial charge in [0, 0.05) is 17.0 Å². The van der Waals surface area contributed by atoms with Crippen LogP contribution < -0.4 is 5.32 Å². The summed E-state index contributed by atoms with van der Waals surface area (Å²) in [5.74, 6) is 0.575. The third kappa shape index (κ3) is 3.45. The third-order valence-electron chi connectivity index (χ3n) is 5.27. The number of hydrogen-bond donors (Lipinski definition) is 1. The van der Waals surface area contributed by atoms with E-state index in [2.05, 4.69) is 22.4 Å². The minimum absolute atomic E-state index is 0.177. The Labute approximate surface area is 180 Å². The molecule has 30 heavy (non-hydrogen) atoms. The number of thiophene rings is 1. The fraction of sp³-hybridized carbons (Fsp3) is 0.333. The van der Waals surface area contributed by atoms with Crippen molar-refractivity contribution in [3.05, 3.63) is 46.3 Å². The number of rotatable bonds is 5. The number of aromatic nitrogens is 4. The molecule has 0 saturated heterocycles. The fourth-order valence-electron chi connectivity index (χ4n) is 3.88. The highest BCUT2D eigenvalue weighted by Crippen LogP contribution is 2.38. The number of benzene rings is 1. The maximum absolute atomic E-state index is 13.0. The van der Waals surface area contributed by atoms with E-state index in [-0.39, 0.29) is 17.5 Å². The summed E-state index contributed by atoms with van der Waals surface area (Å²) in [6.07, 6.45) is 5.35. The molecule has 3 heterocycles. The van der Waals surface area contributed by atoms with Gasteiger partial charge in [0.15, 0.2) is 10.8 Å². The van der Waals surface area contributed by atoms with Gasteiger partial charge in [-0.15, -0.1) is 21.5 Å². The molecule has 1 aliphatic rings. The number of amides is 1. The Bertz CT molecular complexity index is 1250. The van der Waals surface area contributed by atoms with E-state index in [1.165, 1.54) is 47.2 Å². The van der Waals surface area contributed by atoms with Crippen LogP contribution >= 0.6 is 23.1 Å². The molecule has 9 heteroatoms. The zero-order valence-corrected chi connectivity index (χ0v) is 18.1. The van der Waals surface area contributed by atoms with Crippen molar-refractivity contribution < 1.29 is 9.18 Å². The number of hydrogen-bond acceptors (Lipinski definition) is 6. The Morgan fingerprint density at radius 3 is 2.83 bits per heavy atom. The Morgan fingerprint density at radius 2 is 2.03 bits per heavy atom. The molecule has 0 aliphatic heterocycles. The van der Waals surface area contributed by atoms with Gasteiger partial charge in [-0.2, -0.15) is 0 Å². The molecule has 0 bridgehead atoms. The SMILES string of the molecule is CCc1nc2sc3c(c2c2nnc(SCC(=O)Nc4ccc(F)cc4)n12)CCCC3. The second-order valence-electron chi connectivity index (χ2n) is 7.26. The van der Waals surface area contributed by atoms with Gasteiger partial charge in [-0.05, 0) is 55.5 Å². The Morgan fingerprint density at radius 1 is 1.23 bits per heavy atom. The molecule has 0 saturated carbocycles. The van der Waals surface area contributed by atoms with Crippen LogP contribution in [0.4, 0.5) is 10.1 Å². The number of aryl methyl sites for hydroxylation is 3. The molecule has 0 atom stereocenters. The van der Waals surface area contributed by atoms with Crippen molar-refractivity contribution in [2.24, 2.45) is 0 Å². The molecular formula is C21H20FN5OS2. The van der Waals surface area contributed by atoms with Crippen LogP contribution in [-0.2, 0) is 24.1 Å². The molecule has 1 amide bonds. The molecule has 1 aromatic carbocycles. The molecule has 6 nitrogen and oxygen atoms in total. The average Bonchev–Trinajstić information content (AvgIpc) is 3.34. The van der Waals surface area contributed by atoms with Crippen LogP contribution in [0, 0.1) is 5.82 Å². The topological polar surface area (TPSA) is 72.2 Å². The maximum atomic E-state index is 13.0. The Balaban J connectivity index is 1.44. The van der Waals surface area contributed by atoms with E-state index < -0.39 is 0 Å². The summed E-state index contributed by atoms with van der Waals surface area (Å²) >= 11 is 3.12. The van der Waals surface area contributed by atoms with Crippen molar-refractivity contribution in [2.75, 3.05) is 11.1 Å². The molecule has 4 aromatic rings. The summed E-state index contributed by atoms with van der Waals surface area (Å²) in [7, 11) is 0. The van der Waals surface area contributed by atoms with Gasteiger partial charge < -0.3 is 5.32 Å². The van der Waals surface area contributed by atoms with Gasteiger partial charge in [0.25, 0.3) is 0 Å². The van der Waals surface area contributed by atoms with E-state index >= 15 is 0 Å². The van der Waals surface area contributed by atoms with E-state index in [0.717, 1.165) is 41.0 Å². The Hall–Kier alpha value is -2.52. The number of anilines is 1. The summed E-state index contributed by atoms with van der Waals surface area (Å²) in [4.78, 5) is 19.7. The van der Waals surface area contributed by atoms with Gasteiger partial charge in [-0.1, -0.05) is 18.7 Å². The number of nitrogens with one attached hydrogen (secondary N) is 1. The van der Waals surface area contributed by atoms with Gasteiger partial charge in [0.05, 0.1) is 11.1 Å². The lowest BCUT2D eigenvalue weighted by atomic mass is 9.97. The summed E-state index contributed by atoms with van der Waals surface area (Å²) < 4.78 is 15.0. The molecule has 0 spiro atoms. The van der Waals surface area contributed by atoms with Crippen molar-refractivity contribution in [1.82, 2.24) is 19.6 Å². The molecule has 3 aromatic heterocycles. The van der Waals surface area contributed by atoms with Crippen LogP contribution in [0.25, 0.3) is 15.9 Å². The summed E-state index contributed by atoms with van der Waals surface area (Å²) in [6.45, 7) is 2.07. The number of fused-ring (bicyclic) bond motifs is 5. The quantitative estimate of drug-likeness (QED) is 0.457. The first-order chi connectivity index (χ1) is 14.6. The second kappa shape index (κ2) is 7.96. The van der Waals surface area contributed by atoms with Crippen molar-refractivity contribution >= 4 is 50.6 Å². The number of carbonyl (C=O) groups is 1. The predicted molar refractivity (Wildman–Crippen MR) is 118 cm³/mol. The smallest absolute Gasteiger partial charge is 0.234 e. The van der Waals surface area contributed by atoms with Gasteiger partial charge in [0.2, 0.25) is 5.91 Å². The average molecular weight is 442 g/mol. The molecule has 154 valence electrons. The van der Waals surface area contributed by atoms with Crippen molar-refractivity contribution in [1.29, 1.82) is 0 Å². The van der Waals surface area contributed by atoms with Crippen LogP contribution in [0.15, 0.2) is 29.4 Å².